The molecule has 2 bridgehead atoms. The number of nitriles is 1. The van der Waals surface area contributed by atoms with Crippen molar-refractivity contribution in [2.45, 2.75) is 58.5 Å². The van der Waals surface area contributed by atoms with Crippen molar-refractivity contribution in [3.05, 3.63) is 0 Å². The quantitative estimate of drug-likeness (QED) is 0.794. The second-order valence-electron chi connectivity index (χ2n) is 7.02. The predicted octanol–water partition coefficient (Wildman–Crippen LogP) is 1.60. The number of carbonyl (C=O) groups is 1. The molecule has 5 nitrogen and oxygen atoms in total. The van der Waals surface area contributed by atoms with Crippen LogP contribution in [0.4, 0.5) is 0 Å². The van der Waals surface area contributed by atoms with Crippen LogP contribution in [0.5, 0.6) is 0 Å². The second-order valence-corrected chi connectivity index (χ2v) is 7.02. The van der Waals surface area contributed by atoms with E-state index < -0.39 is 17.1 Å². The Morgan fingerprint density at radius 3 is 2.90 bits per heavy atom. The van der Waals surface area contributed by atoms with E-state index in [9.17, 15) is 15.2 Å². The number of hydrogen-bond acceptors (Lipinski definition) is 5. The van der Waals surface area contributed by atoms with Gasteiger partial charge in [-0.25, -0.2) is 0 Å². The third kappa shape index (κ3) is 1.58. The van der Waals surface area contributed by atoms with Crippen molar-refractivity contribution in [1.82, 2.24) is 0 Å². The van der Waals surface area contributed by atoms with Crippen molar-refractivity contribution in [2.75, 3.05) is 0 Å². The molecule has 0 amide bonds. The molecule has 3 rings (SSSR count). The minimum atomic E-state index is -1.05. The summed E-state index contributed by atoms with van der Waals surface area (Å²) in [5.41, 5.74) is -1.29. The van der Waals surface area contributed by atoms with Gasteiger partial charge in [-0.15, -0.1) is 0 Å². The summed E-state index contributed by atoms with van der Waals surface area (Å²) in [5, 5.41) is 19.4. The molecule has 2 aliphatic carbocycles. The number of ether oxygens (including phenoxy) is 2. The number of esters is 1. The Balaban J connectivity index is 1.78. The van der Waals surface area contributed by atoms with Crippen molar-refractivity contribution in [2.24, 2.45) is 22.7 Å². The highest BCUT2D eigenvalue weighted by atomic mass is 16.6. The maximum Gasteiger partial charge on any atom is 0.311 e. The van der Waals surface area contributed by atoms with Crippen LogP contribution in [-0.2, 0) is 14.3 Å². The van der Waals surface area contributed by atoms with Crippen molar-refractivity contribution >= 4 is 5.97 Å². The largest absolute Gasteiger partial charge is 0.459 e. The first kappa shape index (κ1) is 13.8. The smallest absolute Gasteiger partial charge is 0.311 e. The van der Waals surface area contributed by atoms with Gasteiger partial charge in [-0.05, 0) is 33.1 Å². The molecule has 1 saturated heterocycles. The average Bonchev–Trinajstić information content (AvgIpc) is 3.00. The summed E-state index contributed by atoms with van der Waals surface area (Å²) in [7, 11) is 0. The van der Waals surface area contributed by atoms with E-state index in [0.717, 1.165) is 6.42 Å². The van der Waals surface area contributed by atoms with Gasteiger partial charge in [0.05, 0.1) is 11.5 Å². The lowest BCUT2D eigenvalue weighted by molar-refractivity contribution is -0.174. The lowest BCUT2D eigenvalue weighted by Crippen LogP contribution is -2.42. The molecule has 3 fully saturated rings. The van der Waals surface area contributed by atoms with Crippen LogP contribution in [0.1, 0.15) is 40.0 Å². The molecule has 0 spiro atoms. The Labute approximate surface area is 118 Å². The molecule has 0 aromatic carbocycles. The van der Waals surface area contributed by atoms with Crippen LogP contribution in [0.3, 0.4) is 0 Å². The number of carbonyl (C=O) groups excluding carboxylic acids is 1. The molecule has 0 radical (unpaired) electrons. The molecule has 3 aliphatic rings. The van der Waals surface area contributed by atoms with Crippen molar-refractivity contribution in [3.63, 3.8) is 0 Å². The van der Waals surface area contributed by atoms with Gasteiger partial charge < -0.3 is 14.6 Å². The van der Waals surface area contributed by atoms with Gasteiger partial charge in [0.25, 0.3) is 0 Å². The Morgan fingerprint density at radius 1 is 1.60 bits per heavy atom. The van der Waals surface area contributed by atoms with Crippen LogP contribution in [-0.4, -0.2) is 29.6 Å². The van der Waals surface area contributed by atoms with Crippen LogP contribution >= 0.6 is 0 Å². The van der Waals surface area contributed by atoms with Gasteiger partial charge in [0, 0.05) is 11.8 Å². The summed E-state index contributed by atoms with van der Waals surface area (Å²) in [6.45, 7) is 5.69. The minimum absolute atomic E-state index is 0.00459. The van der Waals surface area contributed by atoms with E-state index in [4.69, 9.17) is 9.47 Å². The molecule has 20 heavy (non-hydrogen) atoms. The highest BCUT2D eigenvalue weighted by molar-refractivity contribution is 5.76. The summed E-state index contributed by atoms with van der Waals surface area (Å²) in [6.07, 6.45) is 0.409. The normalized spacial score (nSPS) is 45.5. The number of rotatable bonds is 3. The molecule has 110 valence electrons. The van der Waals surface area contributed by atoms with Gasteiger partial charge in [0.1, 0.15) is 17.6 Å². The number of hydrogen-bond donors (Lipinski definition) is 1. The van der Waals surface area contributed by atoms with Gasteiger partial charge in [-0.2, -0.15) is 5.26 Å². The number of nitrogens with zero attached hydrogens (tertiary/aromatic N) is 1. The maximum atomic E-state index is 12.2. The molecule has 5 heteroatoms. The van der Waals surface area contributed by atoms with Gasteiger partial charge in [-0.3, -0.25) is 4.79 Å². The van der Waals surface area contributed by atoms with Gasteiger partial charge in [0.15, 0.2) is 6.29 Å². The maximum absolute atomic E-state index is 12.2. The van der Waals surface area contributed by atoms with E-state index in [1.54, 1.807) is 0 Å². The molecule has 2 saturated carbocycles. The van der Waals surface area contributed by atoms with E-state index in [1.807, 2.05) is 20.8 Å². The van der Waals surface area contributed by atoms with Gasteiger partial charge in [0.2, 0.25) is 0 Å². The van der Waals surface area contributed by atoms with Crippen LogP contribution in [0.2, 0.25) is 0 Å². The fraction of sp³-hybridized carbons (Fsp3) is 0.867. The summed E-state index contributed by atoms with van der Waals surface area (Å²) in [5.74, 6) is -0.0847. The highest BCUT2D eigenvalue weighted by Gasteiger charge is 2.71. The molecule has 0 aromatic rings. The highest BCUT2D eigenvalue weighted by Crippen LogP contribution is 2.63. The molecule has 6 atom stereocenters. The number of aliphatic hydroxyl groups is 1. The molecular weight excluding hydrogens is 258 g/mol. The number of aliphatic hydroxyl groups excluding tert-OH is 1. The molecule has 1 N–H and O–H groups in total. The molecule has 1 heterocycles. The van der Waals surface area contributed by atoms with Crippen LogP contribution in [0, 0.1) is 34.0 Å². The first-order valence-corrected chi connectivity index (χ1v) is 7.31. The van der Waals surface area contributed by atoms with E-state index in [2.05, 4.69) is 6.07 Å². The van der Waals surface area contributed by atoms with Crippen LogP contribution in [0.15, 0.2) is 0 Å². The molecule has 1 aliphatic heterocycles. The van der Waals surface area contributed by atoms with Crippen molar-refractivity contribution in [1.29, 1.82) is 5.26 Å². The summed E-state index contributed by atoms with van der Waals surface area (Å²) >= 11 is 0. The molecular formula is C15H21NO4. The average molecular weight is 279 g/mol. The summed E-state index contributed by atoms with van der Waals surface area (Å²) in [4.78, 5) is 12.2. The van der Waals surface area contributed by atoms with E-state index in [1.165, 1.54) is 0 Å². The van der Waals surface area contributed by atoms with E-state index in [-0.39, 0.29) is 30.0 Å². The zero-order chi connectivity index (χ0) is 14.7. The van der Waals surface area contributed by atoms with Gasteiger partial charge >= 0.3 is 5.97 Å². The third-order valence-corrected chi connectivity index (χ3v) is 5.62. The first-order valence-electron chi connectivity index (χ1n) is 7.31. The Bertz CT molecular complexity index is 483. The SMILES string of the molecule is CCC(C)(C)C(=O)OC1C2CC3C1O[C@H](O)C3(C#N)C2. The topological polar surface area (TPSA) is 79.6 Å². The van der Waals surface area contributed by atoms with Gasteiger partial charge in [-0.1, -0.05) is 6.92 Å². The Hall–Kier alpha value is -1.12. The number of fused-ring (bicyclic) bond motifs is 1. The Kier molecular flexibility index (Phi) is 2.90. The third-order valence-electron chi connectivity index (χ3n) is 5.62. The first-order chi connectivity index (χ1) is 9.35. The van der Waals surface area contributed by atoms with Crippen LogP contribution in [0.25, 0.3) is 0 Å². The fourth-order valence-corrected chi connectivity index (χ4v) is 3.88. The summed E-state index contributed by atoms with van der Waals surface area (Å²) in [6, 6.07) is 2.25. The standard InChI is InChI=1S/C15H21NO4/c1-4-14(2,3)12(17)19-10-8-5-9-11(10)20-13(18)15(9,6-8)7-16/h8-11,13,18H,4-6H2,1-3H3/t8?,9?,10?,11?,13-,15?/m0/s1. The van der Waals surface area contributed by atoms with Crippen LogP contribution < -0.4 is 0 Å². The van der Waals surface area contributed by atoms with Crippen molar-refractivity contribution in [3.8, 4) is 6.07 Å². The lowest BCUT2D eigenvalue weighted by Gasteiger charge is -2.32. The van der Waals surface area contributed by atoms with E-state index >= 15 is 0 Å². The molecule has 0 aromatic heterocycles. The monoisotopic (exact) mass is 279 g/mol. The van der Waals surface area contributed by atoms with E-state index in [0.29, 0.717) is 12.8 Å². The summed E-state index contributed by atoms with van der Waals surface area (Å²) < 4.78 is 11.2. The zero-order valence-corrected chi connectivity index (χ0v) is 12.1. The lowest BCUT2D eigenvalue weighted by atomic mass is 9.74. The Morgan fingerprint density at radius 2 is 2.30 bits per heavy atom. The minimum Gasteiger partial charge on any atom is -0.459 e. The second kappa shape index (κ2) is 4.19. The predicted molar refractivity (Wildman–Crippen MR) is 69.1 cm³/mol. The zero-order valence-electron chi connectivity index (χ0n) is 12.1. The molecule has 5 unspecified atom stereocenters. The fourth-order valence-electron chi connectivity index (χ4n) is 3.88. The van der Waals surface area contributed by atoms with Crippen molar-refractivity contribution < 1.29 is 19.4 Å².